The summed E-state index contributed by atoms with van der Waals surface area (Å²) in [6.07, 6.45) is 6.41. The lowest BCUT2D eigenvalue weighted by Crippen LogP contribution is -2.40. The molecule has 1 aliphatic heterocycles. The lowest BCUT2D eigenvalue weighted by molar-refractivity contribution is -0.119. The molecule has 0 bridgehead atoms. The van der Waals surface area contributed by atoms with E-state index in [9.17, 15) is 9.59 Å². The lowest BCUT2D eigenvalue weighted by Gasteiger charge is -2.27. The molecule has 8 nitrogen and oxygen atoms in total. The molecule has 4 rings (SSSR count). The molecule has 0 atom stereocenters. The number of anilines is 1. The van der Waals surface area contributed by atoms with E-state index in [1.54, 1.807) is 29.3 Å². The average molecular weight is 407 g/mol. The fourth-order valence-corrected chi connectivity index (χ4v) is 3.67. The summed E-state index contributed by atoms with van der Waals surface area (Å²) in [4.78, 5) is 30.8. The van der Waals surface area contributed by atoms with Crippen LogP contribution in [0.5, 0.6) is 0 Å². The minimum Gasteiger partial charge on any atom is -0.378 e. The fraction of sp³-hybridized carbons (Fsp3) is 0.364. The van der Waals surface area contributed by atoms with Crippen LogP contribution < -0.4 is 10.7 Å². The molecule has 1 fully saturated rings. The zero-order valence-electron chi connectivity index (χ0n) is 16.8. The highest BCUT2D eigenvalue weighted by Gasteiger charge is 2.19. The number of hydrazone groups is 1. The molecule has 0 saturated carbocycles. The molecule has 2 N–H and O–H groups in total. The van der Waals surface area contributed by atoms with Crippen molar-refractivity contribution in [2.45, 2.75) is 19.3 Å². The second-order valence-corrected chi connectivity index (χ2v) is 7.32. The average Bonchev–Trinajstić information content (AvgIpc) is 2.81. The molecule has 1 saturated heterocycles. The summed E-state index contributed by atoms with van der Waals surface area (Å²) in [6.45, 7) is 2.38. The van der Waals surface area contributed by atoms with E-state index in [-0.39, 0.29) is 18.4 Å². The zero-order chi connectivity index (χ0) is 20.8. The van der Waals surface area contributed by atoms with Crippen molar-refractivity contribution in [3.63, 3.8) is 0 Å². The molecule has 1 aromatic carbocycles. The molecule has 1 aliphatic carbocycles. The number of aryl methyl sites for hydroxylation is 1. The Morgan fingerprint density at radius 3 is 2.90 bits per heavy atom. The van der Waals surface area contributed by atoms with Gasteiger partial charge in [0.2, 0.25) is 0 Å². The zero-order valence-corrected chi connectivity index (χ0v) is 16.8. The predicted octanol–water partition coefficient (Wildman–Crippen LogP) is 1.82. The first-order valence-corrected chi connectivity index (χ1v) is 10.2. The summed E-state index contributed by atoms with van der Waals surface area (Å²) in [5.74, 6) is -0.267. The summed E-state index contributed by atoms with van der Waals surface area (Å²) in [5, 5.41) is 7.38. The molecule has 2 aliphatic rings. The number of benzene rings is 1. The Morgan fingerprint density at radius 1 is 1.17 bits per heavy atom. The Hall–Kier alpha value is -3.26. The van der Waals surface area contributed by atoms with Gasteiger partial charge in [-0.1, -0.05) is 6.07 Å². The van der Waals surface area contributed by atoms with Crippen LogP contribution in [0.2, 0.25) is 0 Å². The van der Waals surface area contributed by atoms with Gasteiger partial charge >= 0.3 is 0 Å². The molecular formula is C22H25N5O3. The van der Waals surface area contributed by atoms with Crippen molar-refractivity contribution >= 4 is 23.2 Å². The normalized spacial score (nSPS) is 17.3. The van der Waals surface area contributed by atoms with Crippen molar-refractivity contribution in [1.82, 2.24) is 15.3 Å². The monoisotopic (exact) mass is 407 g/mol. The van der Waals surface area contributed by atoms with Crippen LogP contribution in [0.4, 0.5) is 5.69 Å². The van der Waals surface area contributed by atoms with Crippen LogP contribution in [0.15, 0.2) is 47.8 Å². The Morgan fingerprint density at radius 2 is 2.03 bits per heavy atom. The van der Waals surface area contributed by atoms with E-state index in [1.165, 1.54) is 0 Å². The van der Waals surface area contributed by atoms with Gasteiger partial charge in [0, 0.05) is 42.3 Å². The van der Waals surface area contributed by atoms with Crippen molar-refractivity contribution in [1.29, 1.82) is 0 Å². The van der Waals surface area contributed by atoms with Crippen molar-refractivity contribution in [2.75, 3.05) is 38.2 Å². The molecule has 0 unspecified atom stereocenters. The minimum absolute atomic E-state index is 0.0248. The second-order valence-electron chi connectivity index (χ2n) is 7.32. The minimum atomic E-state index is -0.242. The maximum atomic E-state index is 12.6. The first-order valence-electron chi connectivity index (χ1n) is 10.2. The van der Waals surface area contributed by atoms with Gasteiger partial charge in [-0.05, 0) is 49.1 Å². The molecule has 30 heavy (non-hydrogen) atoms. The SMILES string of the molecule is O=C(CNc1cccc(C(=O)N2CCOCC2)c1)N/N=C1\CCCc2cnccc21. The van der Waals surface area contributed by atoms with Crippen molar-refractivity contribution < 1.29 is 14.3 Å². The smallest absolute Gasteiger partial charge is 0.259 e. The van der Waals surface area contributed by atoms with E-state index in [0.717, 1.165) is 36.1 Å². The highest BCUT2D eigenvalue weighted by atomic mass is 16.5. The Labute approximate surface area is 175 Å². The van der Waals surface area contributed by atoms with Crippen molar-refractivity contribution in [3.8, 4) is 0 Å². The Kier molecular flexibility index (Phi) is 6.34. The lowest BCUT2D eigenvalue weighted by atomic mass is 9.92. The highest BCUT2D eigenvalue weighted by molar-refractivity contribution is 6.03. The molecule has 2 amide bonds. The maximum Gasteiger partial charge on any atom is 0.259 e. The van der Waals surface area contributed by atoms with Gasteiger partial charge in [-0.3, -0.25) is 14.6 Å². The molecule has 1 aromatic heterocycles. The number of hydrogen-bond acceptors (Lipinski definition) is 6. The summed E-state index contributed by atoms with van der Waals surface area (Å²) in [7, 11) is 0. The fourth-order valence-electron chi connectivity index (χ4n) is 3.67. The molecule has 0 spiro atoms. The first kappa shape index (κ1) is 20.0. The second kappa shape index (κ2) is 9.49. The Bertz CT molecular complexity index is 953. The van der Waals surface area contributed by atoms with Crippen LogP contribution >= 0.6 is 0 Å². The van der Waals surface area contributed by atoms with Gasteiger partial charge in [0.15, 0.2) is 0 Å². The van der Waals surface area contributed by atoms with Crippen LogP contribution in [-0.4, -0.2) is 60.3 Å². The molecule has 0 radical (unpaired) electrons. The van der Waals surface area contributed by atoms with E-state index < -0.39 is 0 Å². The third kappa shape index (κ3) is 4.83. The molecule has 2 aromatic rings. The highest BCUT2D eigenvalue weighted by Crippen LogP contribution is 2.20. The number of aromatic nitrogens is 1. The maximum absolute atomic E-state index is 12.6. The summed E-state index contributed by atoms with van der Waals surface area (Å²) >= 11 is 0. The molecular weight excluding hydrogens is 382 g/mol. The van der Waals surface area contributed by atoms with Gasteiger partial charge in [0.1, 0.15) is 0 Å². The summed E-state index contributed by atoms with van der Waals surface area (Å²) in [5.41, 5.74) is 7.03. The predicted molar refractivity (Wildman–Crippen MR) is 114 cm³/mol. The van der Waals surface area contributed by atoms with E-state index in [0.29, 0.717) is 37.6 Å². The van der Waals surface area contributed by atoms with Gasteiger partial charge in [0.05, 0.1) is 25.5 Å². The number of carbonyl (C=O) groups is 2. The topological polar surface area (TPSA) is 95.9 Å². The van der Waals surface area contributed by atoms with Gasteiger partial charge in [0.25, 0.3) is 11.8 Å². The molecule has 2 heterocycles. The van der Waals surface area contributed by atoms with Crippen LogP contribution in [0.25, 0.3) is 0 Å². The number of nitrogens with one attached hydrogen (secondary N) is 2. The number of nitrogens with zero attached hydrogens (tertiary/aromatic N) is 3. The standard InChI is InChI=1S/C22H25N5O3/c28-21(26-25-20-6-2-4-17-14-23-8-7-19(17)20)15-24-18-5-1-3-16(13-18)22(29)27-9-11-30-12-10-27/h1,3,5,7-8,13-14,24H,2,4,6,9-12,15H2,(H,26,28)/b25-20+. The summed E-state index contributed by atoms with van der Waals surface area (Å²) in [6, 6.07) is 9.13. The van der Waals surface area contributed by atoms with Gasteiger partial charge in [-0.2, -0.15) is 5.10 Å². The number of hydrogen-bond donors (Lipinski definition) is 2. The van der Waals surface area contributed by atoms with Crippen LogP contribution in [0.3, 0.4) is 0 Å². The third-order valence-electron chi connectivity index (χ3n) is 5.25. The van der Waals surface area contributed by atoms with Crippen LogP contribution in [0.1, 0.15) is 34.3 Å². The van der Waals surface area contributed by atoms with Crippen molar-refractivity contribution in [3.05, 3.63) is 59.4 Å². The Balaban J connectivity index is 1.33. The van der Waals surface area contributed by atoms with Crippen LogP contribution in [0, 0.1) is 0 Å². The number of morpholine rings is 1. The number of amides is 2. The van der Waals surface area contributed by atoms with Crippen molar-refractivity contribution in [2.24, 2.45) is 5.10 Å². The van der Waals surface area contributed by atoms with E-state index in [4.69, 9.17) is 4.74 Å². The van der Waals surface area contributed by atoms with Gasteiger partial charge in [-0.15, -0.1) is 0 Å². The number of ether oxygens (including phenoxy) is 1. The first-order chi connectivity index (χ1) is 14.7. The van der Waals surface area contributed by atoms with Gasteiger partial charge in [-0.25, -0.2) is 5.43 Å². The van der Waals surface area contributed by atoms with Crippen LogP contribution in [-0.2, 0) is 16.0 Å². The number of fused-ring (bicyclic) bond motifs is 1. The summed E-state index contributed by atoms with van der Waals surface area (Å²) < 4.78 is 5.30. The third-order valence-corrected chi connectivity index (χ3v) is 5.25. The largest absolute Gasteiger partial charge is 0.378 e. The number of pyridine rings is 1. The number of carbonyl (C=O) groups excluding carboxylic acids is 2. The molecule has 156 valence electrons. The quantitative estimate of drug-likeness (QED) is 0.737. The van der Waals surface area contributed by atoms with E-state index in [1.807, 2.05) is 18.3 Å². The molecule has 8 heteroatoms. The van der Waals surface area contributed by atoms with E-state index in [2.05, 4.69) is 20.8 Å². The van der Waals surface area contributed by atoms with E-state index >= 15 is 0 Å². The van der Waals surface area contributed by atoms with Gasteiger partial charge < -0.3 is 15.0 Å². The number of rotatable bonds is 5.